The first-order valence-electron chi connectivity index (χ1n) is 10.5. The van der Waals surface area contributed by atoms with Gasteiger partial charge in [-0.2, -0.15) is 13.2 Å². The SMILES string of the molecule is CC(C)C1CN(c2ncc(C3CC3)cn2)CCN1C(=O)Oc1c[nH]c(=O)c(C(F)(F)F)c1. The van der Waals surface area contributed by atoms with Gasteiger partial charge in [-0.1, -0.05) is 13.8 Å². The highest BCUT2D eigenvalue weighted by atomic mass is 19.4. The predicted octanol–water partition coefficient (Wildman–Crippen LogP) is 3.41. The van der Waals surface area contributed by atoms with Crippen LogP contribution >= 0.6 is 0 Å². The van der Waals surface area contributed by atoms with Gasteiger partial charge in [0.25, 0.3) is 5.56 Å². The van der Waals surface area contributed by atoms with Gasteiger partial charge < -0.3 is 19.5 Å². The Morgan fingerprint density at radius 2 is 1.91 bits per heavy atom. The van der Waals surface area contributed by atoms with E-state index in [1.165, 1.54) is 17.7 Å². The lowest BCUT2D eigenvalue weighted by molar-refractivity contribution is -0.138. The van der Waals surface area contributed by atoms with E-state index in [1.807, 2.05) is 36.1 Å². The molecule has 0 spiro atoms. The van der Waals surface area contributed by atoms with Gasteiger partial charge in [-0.15, -0.1) is 0 Å². The van der Waals surface area contributed by atoms with Crippen molar-refractivity contribution < 1.29 is 22.7 Å². The third kappa shape index (κ3) is 4.71. The molecule has 1 N–H and O–H groups in total. The van der Waals surface area contributed by atoms with Gasteiger partial charge in [-0.25, -0.2) is 14.8 Å². The van der Waals surface area contributed by atoms with Gasteiger partial charge in [0.2, 0.25) is 5.95 Å². The van der Waals surface area contributed by atoms with E-state index in [0.717, 1.165) is 11.8 Å². The topological polar surface area (TPSA) is 91.4 Å². The van der Waals surface area contributed by atoms with Gasteiger partial charge >= 0.3 is 12.3 Å². The number of alkyl halides is 3. The number of halogens is 3. The molecule has 0 bridgehead atoms. The first kappa shape index (κ1) is 22.1. The van der Waals surface area contributed by atoms with E-state index in [0.29, 0.717) is 37.6 Å². The third-order valence-corrected chi connectivity index (χ3v) is 5.80. The van der Waals surface area contributed by atoms with Crippen LogP contribution in [0.25, 0.3) is 0 Å². The summed E-state index contributed by atoms with van der Waals surface area (Å²) < 4.78 is 44.1. The number of hydrogen-bond donors (Lipinski definition) is 1. The molecule has 1 saturated carbocycles. The lowest BCUT2D eigenvalue weighted by Crippen LogP contribution is -2.58. The molecule has 2 fully saturated rings. The molecule has 4 rings (SSSR count). The van der Waals surface area contributed by atoms with Crippen molar-refractivity contribution in [3.05, 3.63) is 46.1 Å². The van der Waals surface area contributed by atoms with Crippen LogP contribution in [0.15, 0.2) is 29.5 Å². The smallest absolute Gasteiger partial charge is 0.409 e. The Balaban J connectivity index is 1.46. The summed E-state index contributed by atoms with van der Waals surface area (Å²) in [6.07, 6.45) is 1.35. The Kier molecular flexibility index (Phi) is 5.83. The van der Waals surface area contributed by atoms with Crippen molar-refractivity contribution >= 4 is 12.0 Å². The molecule has 1 atom stereocenters. The molecule has 0 aromatic carbocycles. The predicted molar refractivity (Wildman–Crippen MR) is 110 cm³/mol. The number of ether oxygens (including phenoxy) is 1. The summed E-state index contributed by atoms with van der Waals surface area (Å²) in [5.74, 6) is 0.830. The number of H-pyrrole nitrogens is 1. The molecule has 2 aromatic heterocycles. The molecule has 8 nitrogen and oxygen atoms in total. The summed E-state index contributed by atoms with van der Waals surface area (Å²) in [4.78, 5) is 38.6. The highest BCUT2D eigenvalue weighted by Gasteiger charge is 2.37. The fourth-order valence-corrected chi connectivity index (χ4v) is 3.80. The summed E-state index contributed by atoms with van der Waals surface area (Å²) in [6.45, 7) is 5.13. The molecule has 3 heterocycles. The first-order chi connectivity index (χ1) is 15.1. The van der Waals surface area contributed by atoms with Gasteiger partial charge in [0.15, 0.2) is 0 Å². The summed E-state index contributed by atoms with van der Waals surface area (Å²) in [5.41, 5.74) is -1.58. The fourth-order valence-electron chi connectivity index (χ4n) is 3.80. The number of carbonyl (C=O) groups is 1. The summed E-state index contributed by atoms with van der Waals surface area (Å²) in [7, 11) is 0. The first-order valence-corrected chi connectivity index (χ1v) is 10.5. The van der Waals surface area contributed by atoms with Crippen LogP contribution in [0.3, 0.4) is 0 Å². The van der Waals surface area contributed by atoms with E-state index in [4.69, 9.17) is 4.74 Å². The van der Waals surface area contributed by atoms with Crippen molar-refractivity contribution in [1.29, 1.82) is 0 Å². The monoisotopic (exact) mass is 451 g/mol. The lowest BCUT2D eigenvalue weighted by atomic mass is 10.00. The van der Waals surface area contributed by atoms with E-state index in [2.05, 4.69) is 9.97 Å². The number of anilines is 1. The van der Waals surface area contributed by atoms with Crippen LogP contribution in [-0.4, -0.2) is 51.6 Å². The van der Waals surface area contributed by atoms with Crippen molar-refractivity contribution in [2.45, 2.75) is 44.8 Å². The quantitative estimate of drug-likeness (QED) is 0.766. The number of aromatic amines is 1. The number of carbonyl (C=O) groups excluding carboxylic acids is 1. The van der Waals surface area contributed by atoms with Crippen LogP contribution in [0.5, 0.6) is 5.75 Å². The zero-order valence-electron chi connectivity index (χ0n) is 17.7. The minimum absolute atomic E-state index is 0.0532. The Labute approximate surface area is 182 Å². The van der Waals surface area contributed by atoms with Crippen molar-refractivity contribution in [1.82, 2.24) is 19.9 Å². The Bertz CT molecular complexity index is 1030. The van der Waals surface area contributed by atoms with Crippen LogP contribution in [-0.2, 0) is 6.18 Å². The van der Waals surface area contributed by atoms with Gasteiger partial charge in [0, 0.05) is 44.3 Å². The Morgan fingerprint density at radius 1 is 1.22 bits per heavy atom. The minimum Gasteiger partial charge on any atom is -0.409 e. The molecule has 1 aliphatic carbocycles. The maximum atomic E-state index is 13.0. The number of aromatic nitrogens is 3. The van der Waals surface area contributed by atoms with Crippen LogP contribution in [0, 0.1) is 5.92 Å². The molecule has 2 aromatic rings. The summed E-state index contributed by atoms with van der Waals surface area (Å²) in [6, 6.07) is 0.278. The molecule has 1 saturated heterocycles. The largest absolute Gasteiger partial charge is 0.421 e. The number of amides is 1. The number of hydrogen-bond acceptors (Lipinski definition) is 6. The van der Waals surface area contributed by atoms with E-state index in [1.54, 1.807) is 0 Å². The molecule has 32 heavy (non-hydrogen) atoms. The van der Waals surface area contributed by atoms with Gasteiger partial charge in [-0.05, 0) is 30.2 Å². The molecule has 0 radical (unpaired) electrons. The molecule has 2 aliphatic rings. The lowest BCUT2D eigenvalue weighted by Gasteiger charge is -2.42. The molecular weight excluding hydrogens is 427 g/mol. The van der Waals surface area contributed by atoms with E-state index in [9.17, 15) is 22.8 Å². The van der Waals surface area contributed by atoms with Gasteiger partial charge in [-0.3, -0.25) is 4.79 Å². The molecule has 1 unspecified atom stereocenters. The number of pyridine rings is 1. The molecule has 1 aliphatic heterocycles. The highest BCUT2D eigenvalue weighted by molar-refractivity contribution is 5.71. The summed E-state index contributed by atoms with van der Waals surface area (Å²) in [5, 5.41) is 0. The number of rotatable bonds is 4. The second-order valence-corrected chi connectivity index (χ2v) is 8.49. The fraction of sp³-hybridized carbons (Fsp3) is 0.524. The van der Waals surface area contributed by atoms with Crippen molar-refractivity contribution in [2.24, 2.45) is 5.92 Å². The van der Waals surface area contributed by atoms with Crippen molar-refractivity contribution in [2.75, 3.05) is 24.5 Å². The molecule has 11 heteroatoms. The highest BCUT2D eigenvalue weighted by Crippen LogP contribution is 2.39. The Hall–Kier alpha value is -3.11. The third-order valence-electron chi connectivity index (χ3n) is 5.80. The minimum atomic E-state index is -4.85. The standard InChI is InChI=1S/C21H24F3N5O3/c1-12(2)17-11-28(19-26-8-14(9-27-19)13-3-4-13)5-6-29(17)20(31)32-15-7-16(21(22,23)24)18(30)25-10-15/h7-10,12-13,17H,3-6,11H2,1-2H3,(H,25,30). The van der Waals surface area contributed by atoms with Crippen LogP contribution in [0.2, 0.25) is 0 Å². The maximum Gasteiger partial charge on any atom is 0.421 e. The molecule has 172 valence electrons. The van der Waals surface area contributed by atoms with E-state index >= 15 is 0 Å². The Morgan fingerprint density at radius 3 is 2.50 bits per heavy atom. The number of nitrogens with one attached hydrogen (secondary N) is 1. The zero-order chi connectivity index (χ0) is 23.0. The average Bonchev–Trinajstić information content (AvgIpc) is 3.59. The van der Waals surface area contributed by atoms with Gasteiger partial charge in [0.05, 0.1) is 6.04 Å². The van der Waals surface area contributed by atoms with Gasteiger partial charge in [0.1, 0.15) is 11.3 Å². The number of piperazine rings is 1. The van der Waals surface area contributed by atoms with Crippen LogP contribution in [0.4, 0.5) is 23.9 Å². The second-order valence-electron chi connectivity index (χ2n) is 8.49. The van der Waals surface area contributed by atoms with Crippen LogP contribution < -0.4 is 15.2 Å². The van der Waals surface area contributed by atoms with Crippen LogP contribution in [0.1, 0.15) is 43.7 Å². The average molecular weight is 451 g/mol. The zero-order valence-corrected chi connectivity index (χ0v) is 17.7. The molecular formula is C21H24F3N5O3. The van der Waals surface area contributed by atoms with E-state index < -0.39 is 23.4 Å². The summed E-state index contributed by atoms with van der Waals surface area (Å²) >= 11 is 0. The second kappa shape index (κ2) is 8.44. The normalized spacial score (nSPS) is 19.4. The van der Waals surface area contributed by atoms with E-state index in [-0.39, 0.29) is 17.7 Å². The van der Waals surface area contributed by atoms with Crippen molar-refractivity contribution in [3.63, 3.8) is 0 Å². The maximum absolute atomic E-state index is 13.0. The van der Waals surface area contributed by atoms with Crippen molar-refractivity contribution in [3.8, 4) is 5.75 Å². The number of nitrogens with zero attached hydrogens (tertiary/aromatic N) is 4. The molecule has 1 amide bonds.